The van der Waals surface area contributed by atoms with Gasteiger partial charge in [0.05, 0.1) is 11.0 Å². The topological polar surface area (TPSA) is 84.1 Å². The van der Waals surface area contributed by atoms with Gasteiger partial charge >= 0.3 is 12.1 Å². The molecule has 86 valence electrons. The van der Waals surface area contributed by atoms with E-state index in [1.165, 1.54) is 0 Å². The number of aromatic amines is 1. The molecule has 0 saturated carbocycles. The van der Waals surface area contributed by atoms with Crippen molar-refractivity contribution in [3.05, 3.63) is 36.9 Å². The number of hydrogen-bond acceptors (Lipinski definition) is 4. The number of ether oxygens (including phenoxy) is 1. The molecule has 17 heavy (non-hydrogen) atoms. The minimum absolute atomic E-state index is 0.0283. The molecule has 0 aliphatic rings. The molecule has 1 aromatic carbocycles. The van der Waals surface area contributed by atoms with E-state index >= 15 is 0 Å². The molecular formula is C11H9N3O3. The number of amides is 2. The lowest BCUT2D eigenvalue weighted by Gasteiger charge is -1.99. The fourth-order valence-electron chi connectivity index (χ4n) is 1.24. The molecule has 0 aliphatic heterocycles. The summed E-state index contributed by atoms with van der Waals surface area (Å²) in [5.41, 5.74) is 1.41. The van der Waals surface area contributed by atoms with E-state index in [1.54, 1.807) is 12.1 Å². The molecule has 2 amide bonds. The average molecular weight is 231 g/mol. The number of H-pyrrole nitrogens is 1. The van der Waals surface area contributed by atoms with Crippen molar-refractivity contribution in [2.24, 2.45) is 0 Å². The summed E-state index contributed by atoms with van der Waals surface area (Å²) < 4.78 is 4.79. The summed E-state index contributed by atoms with van der Waals surface area (Å²) in [4.78, 5) is 28.8. The highest BCUT2D eigenvalue weighted by Crippen LogP contribution is 2.14. The summed E-state index contributed by atoms with van der Waals surface area (Å²) in [6.45, 7) is 3.21. The lowest BCUT2D eigenvalue weighted by Crippen LogP contribution is -2.31. The third-order valence-electron chi connectivity index (χ3n) is 1.97. The number of carbonyl (C=O) groups excluding carboxylic acids is 2. The van der Waals surface area contributed by atoms with Crippen LogP contribution in [-0.4, -0.2) is 22.0 Å². The van der Waals surface area contributed by atoms with Gasteiger partial charge in [0.1, 0.15) is 0 Å². The number of rotatable bonds is 2. The third-order valence-corrected chi connectivity index (χ3v) is 1.97. The van der Waals surface area contributed by atoms with Crippen molar-refractivity contribution < 1.29 is 14.3 Å². The second-order valence-electron chi connectivity index (χ2n) is 3.14. The van der Waals surface area contributed by atoms with E-state index in [4.69, 9.17) is 4.74 Å². The number of nitrogens with one attached hydrogen (secondary N) is 2. The molecule has 2 N–H and O–H groups in total. The van der Waals surface area contributed by atoms with Crippen molar-refractivity contribution >= 4 is 23.0 Å². The van der Waals surface area contributed by atoms with E-state index in [1.807, 2.05) is 17.4 Å². The Balaban J connectivity index is 2.10. The van der Waals surface area contributed by atoms with Crippen LogP contribution in [-0.2, 0) is 4.79 Å². The normalized spacial score (nSPS) is 9.88. The Kier molecular flexibility index (Phi) is 2.87. The van der Waals surface area contributed by atoms with Gasteiger partial charge in [-0.1, -0.05) is 18.7 Å². The molecule has 0 bridgehead atoms. The van der Waals surface area contributed by atoms with Crippen molar-refractivity contribution in [3.63, 3.8) is 0 Å². The quantitative estimate of drug-likeness (QED) is 0.764. The molecule has 0 saturated heterocycles. The molecule has 2 aromatic rings. The van der Waals surface area contributed by atoms with Gasteiger partial charge in [-0.3, -0.25) is 10.1 Å². The van der Waals surface area contributed by atoms with Crippen molar-refractivity contribution in [2.45, 2.75) is 0 Å². The van der Waals surface area contributed by atoms with Gasteiger partial charge in [0.25, 0.3) is 5.91 Å². The molecule has 1 heterocycles. The molecule has 2 rings (SSSR count). The monoisotopic (exact) mass is 231 g/mol. The first-order valence-corrected chi connectivity index (χ1v) is 4.79. The predicted octanol–water partition coefficient (Wildman–Crippen LogP) is 1.36. The summed E-state index contributed by atoms with van der Waals surface area (Å²) in [6.07, 6.45) is 0.0637. The first kappa shape index (κ1) is 10.9. The molecule has 6 nitrogen and oxygen atoms in total. The van der Waals surface area contributed by atoms with Gasteiger partial charge in [-0.25, -0.2) is 4.79 Å². The summed E-state index contributed by atoms with van der Waals surface area (Å²) in [5.74, 6) is -0.633. The van der Waals surface area contributed by atoms with Crippen LogP contribution in [0, 0.1) is 0 Å². The molecule has 0 fully saturated rings. The maximum Gasteiger partial charge on any atom is 0.421 e. The van der Waals surface area contributed by atoms with Crippen molar-refractivity contribution in [1.29, 1.82) is 0 Å². The zero-order valence-corrected chi connectivity index (χ0v) is 8.77. The van der Waals surface area contributed by atoms with Gasteiger partial charge in [-0.15, -0.1) is 0 Å². The Morgan fingerprint density at radius 3 is 2.88 bits per heavy atom. The van der Waals surface area contributed by atoms with Crippen LogP contribution in [0.15, 0.2) is 36.9 Å². The summed E-state index contributed by atoms with van der Waals surface area (Å²) in [7, 11) is 0. The Hall–Kier alpha value is -2.63. The van der Waals surface area contributed by atoms with Crippen molar-refractivity contribution in [2.75, 3.05) is 0 Å². The maximum absolute atomic E-state index is 11.2. The Labute approximate surface area is 96.3 Å². The number of hydrogen-bond donors (Lipinski definition) is 2. The first-order valence-electron chi connectivity index (χ1n) is 4.79. The number of benzene rings is 1. The van der Waals surface area contributed by atoms with Crippen LogP contribution in [0.1, 0.15) is 0 Å². The Bertz CT molecular complexity index is 555. The molecule has 0 unspecified atom stereocenters. The first-order chi connectivity index (χ1) is 8.19. The zero-order valence-electron chi connectivity index (χ0n) is 8.77. The Morgan fingerprint density at radius 2 is 2.18 bits per heavy atom. The molecular weight excluding hydrogens is 222 g/mol. The largest absolute Gasteiger partial charge is 0.421 e. The van der Waals surface area contributed by atoms with E-state index in [2.05, 4.69) is 16.5 Å². The number of carbonyl (C=O) groups is 2. The zero-order chi connectivity index (χ0) is 12.3. The van der Waals surface area contributed by atoms with E-state index in [0.717, 1.165) is 11.6 Å². The number of nitrogens with zero attached hydrogens (tertiary/aromatic N) is 1. The molecule has 6 heteroatoms. The summed E-state index contributed by atoms with van der Waals surface area (Å²) in [6, 6.07) is 7.23. The highest BCUT2D eigenvalue weighted by Gasteiger charge is 2.10. The van der Waals surface area contributed by atoms with Crippen LogP contribution in [0.3, 0.4) is 0 Å². The van der Waals surface area contributed by atoms with Crippen LogP contribution in [0.5, 0.6) is 6.01 Å². The number of imidazole rings is 1. The lowest BCUT2D eigenvalue weighted by atomic mass is 10.3. The smallest absolute Gasteiger partial charge is 0.375 e. The van der Waals surface area contributed by atoms with Crippen LogP contribution in [0.4, 0.5) is 4.79 Å². The van der Waals surface area contributed by atoms with Gasteiger partial charge in [-0.2, -0.15) is 4.98 Å². The van der Waals surface area contributed by atoms with Gasteiger partial charge in [0.2, 0.25) is 0 Å². The maximum atomic E-state index is 11.2. The molecule has 0 radical (unpaired) electrons. The fourth-order valence-corrected chi connectivity index (χ4v) is 1.24. The predicted molar refractivity (Wildman–Crippen MR) is 60.5 cm³/mol. The standard InChI is InChI=1S/C11H9N3O3/c1-2-9(15)14-11(16)17-10-12-7-5-3-4-6-8(7)13-10/h2-6H,1H2,(H,12,13)(H,14,15,16). The molecule has 0 spiro atoms. The summed E-state index contributed by atoms with van der Waals surface area (Å²) in [5, 5.41) is 1.94. The van der Waals surface area contributed by atoms with E-state index in [-0.39, 0.29) is 6.01 Å². The SMILES string of the molecule is C=CC(=O)NC(=O)Oc1nc2ccccc2[nH]1. The highest BCUT2D eigenvalue weighted by atomic mass is 16.6. The second kappa shape index (κ2) is 4.48. The summed E-state index contributed by atoms with van der Waals surface area (Å²) >= 11 is 0. The second-order valence-corrected chi connectivity index (χ2v) is 3.14. The molecule has 0 atom stereocenters. The lowest BCUT2D eigenvalue weighted by molar-refractivity contribution is -0.115. The minimum Gasteiger partial charge on any atom is -0.375 e. The highest BCUT2D eigenvalue weighted by molar-refractivity contribution is 5.98. The van der Waals surface area contributed by atoms with Crippen molar-refractivity contribution in [3.8, 4) is 6.01 Å². The number of aromatic nitrogens is 2. The van der Waals surface area contributed by atoms with Crippen LogP contribution in [0.2, 0.25) is 0 Å². The van der Waals surface area contributed by atoms with Crippen LogP contribution in [0.25, 0.3) is 11.0 Å². The van der Waals surface area contributed by atoms with Gasteiger partial charge in [0.15, 0.2) is 0 Å². The van der Waals surface area contributed by atoms with Gasteiger partial charge < -0.3 is 9.72 Å². The fraction of sp³-hybridized carbons (Fsp3) is 0. The van der Waals surface area contributed by atoms with Crippen LogP contribution < -0.4 is 10.1 Å². The average Bonchev–Trinajstić information content (AvgIpc) is 2.70. The van der Waals surface area contributed by atoms with E-state index in [0.29, 0.717) is 5.52 Å². The van der Waals surface area contributed by atoms with Gasteiger partial charge in [0, 0.05) is 0 Å². The minimum atomic E-state index is -0.908. The molecule has 0 aliphatic carbocycles. The Morgan fingerprint density at radius 1 is 1.41 bits per heavy atom. The third kappa shape index (κ3) is 2.49. The van der Waals surface area contributed by atoms with Crippen molar-refractivity contribution in [1.82, 2.24) is 15.3 Å². The van der Waals surface area contributed by atoms with E-state index in [9.17, 15) is 9.59 Å². The van der Waals surface area contributed by atoms with Crippen LogP contribution >= 0.6 is 0 Å². The number of para-hydroxylation sites is 2. The van der Waals surface area contributed by atoms with Gasteiger partial charge in [-0.05, 0) is 18.2 Å². The number of imide groups is 1. The molecule has 1 aromatic heterocycles. The number of fused-ring (bicyclic) bond motifs is 1. The van der Waals surface area contributed by atoms with E-state index < -0.39 is 12.0 Å².